The summed E-state index contributed by atoms with van der Waals surface area (Å²) in [7, 11) is 0. The third-order valence-electron chi connectivity index (χ3n) is 3.95. The van der Waals surface area contributed by atoms with Crippen molar-refractivity contribution in [1.29, 1.82) is 0 Å². The van der Waals surface area contributed by atoms with Gasteiger partial charge in [0, 0.05) is 23.5 Å². The molecule has 0 aliphatic rings. The van der Waals surface area contributed by atoms with Gasteiger partial charge in [0.2, 0.25) is 11.8 Å². The molecule has 0 spiro atoms. The molecule has 0 aromatic heterocycles. The number of amides is 2. The maximum atomic E-state index is 11.9. The minimum absolute atomic E-state index is 0.319. The van der Waals surface area contributed by atoms with E-state index in [0.29, 0.717) is 11.4 Å². The van der Waals surface area contributed by atoms with Gasteiger partial charge in [0.05, 0.1) is 12.4 Å². The van der Waals surface area contributed by atoms with Crippen molar-refractivity contribution < 1.29 is 9.59 Å². The molecule has 0 bridgehead atoms. The summed E-state index contributed by atoms with van der Waals surface area (Å²) in [5.41, 5.74) is 3.55. The van der Waals surface area contributed by atoms with Crippen LogP contribution in [-0.4, -0.2) is 11.8 Å². The van der Waals surface area contributed by atoms with E-state index in [2.05, 4.69) is 20.9 Å². The summed E-state index contributed by atoms with van der Waals surface area (Å²) in [6, 6.07) is 26.6. The Morgan fingerprint density at radius 1 is 0.567 bits per heavy atom. The smallest absolute Gasteiger partial charge is 0.249 e. The van der Waals surface area contributed by atoms with Crippen LogP contribution in [0.2, 0.25) is 0 Å². The highest BCUT2D eigenvalue weighted by Gasteiger charge is 2.00. The van der Waals surface area contributed by atoms with E-state index >= 15 is 0 Å². The Bertz CT molecular complexity index is 1060. The summed E-state index contributed by atoms with van der Waals surface area (Å²) in [5.74, 6) is -0.645. The van der Waals surface area contributed by atoms with Crippen molar-refractivity contribution in [2.75, 3.05) is 10.6 Å². The topological polar surface area (TPSA) is 82.9 Å². The lowest BCUT2D eigenvalue weighted by atomic mass is 10.1. The van der Waals surface area contributed by atoms with Crippen molar-refractivity contribution in [2.45, 2.75) is 0 Å². The lowest BCUT2D eigenvalue weighted by Gasteiger charge is -2.04. The summed E-state index contributed by atoms with van der Waals surface area (Å²) >= 11 is 0. The van der Waals surface area contributed by atoms with Gasteiger partial charge in [-0.25, -0.2) is 0 Å². The van der Waals surface area contributed by atoms with Crippen molar-refractivity contribution in [1.82, 2.24) is 0 Å². The highest BCUT2D eigenvalue weighted by atomic mass is 16.2. The number of hydrogen-bond acceptors (Lipinski definition) is 4. The largest absolute Gasteiger partial charge is 0.322 e. The van der Waals surface area contributed by atoms with E-state index in [9.17, 15) is 9.59 Å². The van der Waals surface area contributed by atoms with Gasteiger partial charge < -0.3 is 10.6 Å². The number of para-hydroxylation sites is 1. The fourth-order valence-corrected chi connectivity index (χ4v) is 2.54. The number of anilines is 2. The summed E-state index contributed by atoms with van der Waals surface area (Å²) < 4.78 is 0. The molecule has 148 valence electrons. The van der Waals surface area contributed by atoms with E-state index in [0.717, 1.165) is 11.1 Å². The Morgan fingerprint density at radius 3 is 1.53 bits per heavy atom. The van der Waals surface area contributed by atoms with Gasteiger partial charge in [0.25, 0.3) is 0 Å². The molecule has 2 amide bonds. The fourth-order valence-electron chi connectivity index (χ4n) is 2.54. The van der Waals surface area contributed by atoms with Crippen LogP contribution in [0.25, 0.3) is 11.1 Å². The van der Waals surface area contributed by atoms with Crippen LogP contribution in [0.15, 0.2) is 120 Å². The zero-order chi connectivity index (χ0) is 21.0. The lowest BCUT2D eigenvalue weighted by Crippen LogP contribution is -2.07. The van der Waals surface area contributed by atoms with Crippen LogP contribution in [0.1, 0.15) is 0 Å². The maximum absolute atomic E-state index is 11.9. The van der Waals surface area contributed by atoms with Crippen LogP contribution in [0.4, 0.5) is 11.4 Å². The Labute approximate surface area is 174 Å². The second-order valence-electron chi connectivity index (χ2n) is 6.15. The third kappa shape index (κ3) is 6.69. The number of carbonyl (C=O) groups excluding carboxylic acids is 2. The standard InChI is InChI=1S/C24H20N4O2/c29-23(27-21-9-5-2-6-10-21)15-17-25-26-18-16-24(30)28-22-13-11-20(12-14-22)19-7-3-1-4-8-19/h1-18H,(H,27,29)(H,28,30). The van der Waals surface area contributed by atoms with E-state index < -0.39 is 0 Å². The number of hydrogen-bond donors (Lipinski definition) is 2. The number of azo groups is 1. The van der Waals surface area contributed by atoms with Crippen LogP contribution in [0.5, 0.6) is 0 Å². The number of nitrogens with zero attached hydrogens (tertiary/aromatic N) is 2. The Morgan fingerprint density at radius 2 is 1.00 bits per heavy atom. The second kappa shape index (κ2) is 10.9. The SMILES string of the molecule is O=C(C=CN=NC=CC(=O)Nc1ccc(-c2ccccc2)cc1)Nc1ccccc1. The van der Waals surface area contributed by atoms with E-state index in [1.54, 1.807) is 12.1 Å². The van der Waals surface area contributed by atoms with Crippen LogP contribution in [0, 0.1) is 0 Å². The highest BCUT2D eigenvalue weighted by Crippen LogP contribution is 2.20. The van der Waals surface area contributed by atoms with Gasteiger partial charge in [-0.2, -0.15) is 10.2 Å². The van der Waals surface area contributed by atoms with Crippen molar-refractivity contribution in [3.8, 4) is 11.1 Å². The molecule has 0 saturated carbocycles. The minimum Gasteiger partial charge on any atom is -0.322 e. The van der Waals surface area contributed by atoms with Crippen LogP contribution >= 0.6 is 0 Å². The Balaban J connectivity index is 1.43. The first-order valence-corrected chi connectivity index (χ1v) is 9.26. The van der Waals surface area contributed by atoms with Gasteiger partial charge >= 0.3 is 0 Å². The number of carbonyl (C=O) groups is 2. The van der Waals surface area contributed by atoms with Gasteiger partial charge in [-0.3, -0.25) is 9.59 Å². The molecule has 0 aliphatic carbocycles. The first-order chi connectivity index (χ1) is 14.7. The van der Waals surface area contributed by atoms with E-state index in [-0.39, 0.29) is 11.8 Å². The molecule has 0 heterocycles. The highest BCUT2D eigenvalue weighted by molar-refractivity contribution is 5.99. The normalized spacial score (nSPS) is 11.2. The number of rotatable bonds is 7. The van der Waals surface area contributed by atoms with Gasteiger partial charge in [-0.05, 0) is 35.4 Å². The molecule has 6 nitrogen and oxygen atoms in total. The van der Waals surface area contributed by atoms with Gasteiger partial charge in [-0.15, -0.1) is 0 Å². The van der Waals surface area contributed by atoms with Crippen LogP contribution in [-0.2, 0) is 9.59 Å². The van der Waals surface area contributed by atoms with Gasteiger partial charge in [-0.1, -0.05) is 60.7 Å². The number of benzene rings is 3. The van der Waals surface area contributed by atoms with Gasteiger partial charge in [0.1, 0.15) is 0 Å². The fraction of sp³-hybridized carbons (Fsp3) is 0. The monoisotopic (exact) mass is 396 g/mol. The number of nitrogens with one attached hydrogen (secondary N) is 2. The van der Waals surface area contributed by atoms with Crippen molar-refractivity contribution in [3.63, 3.8) is 0 Å². The zero-order valence-electron chi connectivity index (χ0n) is 16.1. The molecular weight excluding hydrogens is 376 g/mol. The third-order valence-corrected chi connectivity index (χ3v) is 3.95. The van der Waals surface area contributed by atoms with Crippen LogP contribution < -0.4 is 10.6 Å². The molecule has 0 saturated heterocycles. The second-order valence-corrected chi connectivity index (χ2v) is 6.15. The van der Waals surface area contributed by atoms with Crippen molar-refractivity contribution >= 4 is 23.2 Å². The van der Waals surface area contributed by atoms with Gasteiger partial charge in [0.15, 0.2) is 0 Å². The molecular formula is C24H20N4O2. The van der Waals surface area contributed by atoms with Crippen molar-refractivity contribution in [2.24, 2.45) is 10.2 Å². The first kappa shape index (κ1) is 20.4. The van der Waals surface area contributed by atoms with E-state index in [1.807, 2.05) is 72.8 Å². The quantitative estimate of drug-likeness (QED) is 0.413. The molecule has 3 rings (SSSR count). The minimum atomic E-state index is -0.327. The summed E-state index contributed by atoms with van der Waals surface area (Å²) in [6.07, 6.45) is 5.02. The molecule has 0 aliphatic heterocycles. The molecule has 0 unspecified atom stereocenters. The molecule has 30 heavy (non-hydrogen) atoms. The maximum Gasteiger partial charge on any atom is 0.249 e. The Kier molecular flexibility index (Phi) is 7.40. The van der Waals surface area contributed by atoms with Crippen LogP contribution in [0.3, 0.4) is 0 Å². The van der Waals surface area contributed by atoms with E-state index in [4.69, 9.17) is 0 Å². The molecule has 2 N–H and O–H groups in total. The van der Waals surface area contributed by atoms with E-state index in [1.165, 1.54) is 24.6 Å². The predicted molar refractivity (Wildman–Crippen MR) is 119 cm³/mol. The molecule has 0 radical (unpaired) electrons. The summed E-state index contributed by atoms with van der Waals surface area (Å²) in [5, 5.41) is 12.8. The predicted octanol–water partition coefficient (Wildman–Crippen LogP) is 5.41. The van der Waals surface area contributed by atoms with Crippen molar-refractivity contribution in [3.05, 3.63) is 109 Å². The molecule has 3 aromatic carbocycles. The molecule has 6 heteroatoms. The lowest BCUT2D eigenvalue weighted by molar-refractivity contribution is -0.112. The summed E-state index contributed by atoms with van der Waals surface area (Å²) in [4.78, 5) is 23.6. The molecule has 0 fully saturated rings. The average molecular weight is 396 g/mol. The zero-order valence-corrected chi connectivity index (χ0v) is 16.1. The average Bonchev–Trinajstić information content (AvgIpc) is 2.78. The first-order valence-electron chi connectivity index (χ1n) is 9.26. The Hall–Kier alpha value is -4.32. The summed E-state index contributed by atoms with van der Waals surface area (Å²) in [6.45, 7) is 0. The molecule has 3 aromatic rings. The molecule has 0 atom stereocenters.